The summed E-state index contributed by atoms with van der Waals surface area (Å²) in [6.45, 7) is 0.639. The monoisotopic (exact) mass is 265 g/mol. The summed E-state index contributed by atoms with van der Waals surface area (Å²) in [5.74, 6) is -0.0434. The van der Waals surface area contributed by atoms with Crippen LogP contribution in [0.1, 0.15) is 11.1 Å². The summed E-state index contributed by atoms with van der Waals surface area (Å²) in [6.07, 6.45) is 3.33. The molecule has 0 bridgehead atoms. The lowest BCUT2D eigenvalue weighted by Crippen LogP contribution is -2.20. The summed E-state index contributed by atoms with van der Waals surface area (Å²) in [6, 6.07) is 9.89. The summed E-state index contributed by atoms with van der Waals surface area (Å²) in [4.78, 5) is 0. The Balaban J connectivity index is 2.07. The molecule has 5 nitrogen and oxygen atoms in total. The summed E-state index contributed by atoms with van der Waals surface area (Å²) in [7, 11) is -1.83. The van der Waals surface area contributed by atoms with Crippen LogP contribution in [0, 0.1) is 0 Å². The van der Waals surface area contributed by atoms with Gasteiger partial charge < -0.3 is 0 Å². The van der Waals surface area contributed by atoms with Gasteiger partial charge in [-0.25, -0.2) is 13.1 Å². The van der Waals surface area contributed by atoms with Crippen molar-refractivity contribution < 1.29 is 8.42 Å². The van der Waals surface area contributed by atoms with Crippen LogP contribution in [0.5, 0.6) is 0 Å². The van der Waals surface area contributed by atoms with Gasteiger partial charge in [0.1, 0.15) is 0 Å². The summed E-state index contributed by atoms with van der Waals surface area (Å²) in [5.41, 5.74) is 1.81. The number of rotatable bonds is 5. The normalized spacial score (nSPS) is 11.6. The Kier molecular flexibility index (Phi) is 3.78. The van der Waals surface area contributed by atoms with Crippen LogP contribution in [-0.2, 0) is 22.3 Å². The van der Waals surface area contributed by atoms with Crippen LogP contribution in [0.2, 0.25) is 0 Å². The summed E-state index contributed by atoms with van der Waals surface area (Å²) < 4.78 is 26.8. The Bertz CT molecular complexity index is 605. The van der Waals surface area contributed by atoms with Gasteiger partial charge in [0.15, 0.2) is 0 Å². The molecule has 2 rings (SSSR count). The maximum Gasteiger partial charge on any atom is 0.215 e. The first kappa shape index (κ1) is 12.8. The van der Waals surface area contributed by atoms with Gasteiger partial charge in [0.05, 0.1) is 18.5 Å². The third-order valence-electron chi connectivity index (χ3n) is 2.54. The van der Waals surface area contributed by atoms with Gasteiger partial charge in [-0.15, -0.1) is 0 Å². The van der Waals surface area contributed by atoms with E-state index in [1.807, 2.05) is 30.3 Å². The maximum absolute atomic E-state index is 11.4. The van der Waals surface area contributed by atoms with Crippen molar-refractivity contribution in [1.82, 2.24) is 14.5 Å². The topological polar surface area (TPSA) is 64.0 Å². The van der Waals surface area contributed by atoms with E-state index >= 15 is 0 Å². The van der Waals surface area contributed by atoms with Gasteiger partial charge in [-0.2, -0.15) is 5.10 Å². The number of hydrogen-bond donors (Lipinski definition) is 1. The maximum atomic E-state index is 11.4. The quantitative estimate of drug-likeness (QED) is 0.876. The summed E-state index contributed by atoms with van der Waals surface area (Å²) >= 11 is 0. The predicted molar refractivity (Wildman–Crippen MR) is 69.5 cm³/mol. The molecule has 1 aromatic heterocycles. The first-order chi connectivity index (χ1) is 8.59. The highest BCUT2D eigenvalue weighted by Crippen LogP contribution is 2.06. The van der Waals surface area contributed by atoms with E-state index in [9.17, 15) is 8.42 Å². The Hall–Kier alpha value is -1.66. The number of nitrogens with one attached hydrogen (secondary N) is 1. The zero-order valence-corrected chi connectivity index (χ0v) is 10.9. The van der Waals surface area contributed by atoms with Gasteiger partial charge in [-0.3, -0.25) is 4.68 Å². The molecule has 1 N–H and O–H groups in total. The van der Waals surface area contributed by atoms with Crippen LogP contribution in [0.4, 0.5) is 0 Å². The predicted octanol–water partition coefficient (Wildman–Crippen LogP) is 0.981. The fourth-order valence-corrected chi connectivity index (χ4v) is 2.36. The van der Waals surface area contributed by atoms with Crippen molar-refractivity contribution in [2.24, 2.45) is 0 Å². The molecule has 2 aromatic rings. The lowest BCUT2D eigenvalue weighted by Gasteiger charge is -2.01. The number of sulfonamides is 1. The molecule has 1 aromatic carbocycles. The highest BCUT2D eigenvalue weighted by Gasteiger charge is 2.10. The van der Waals surface area contributed by atoms with Gasteiger partial charge in [0.25, 0.3) is 0 Å². The highest BCUT2D eigenvalue weighted by molar-refractivity contribution is 7.88. The van der Waals surface area contributed by atoms with Crippen molar-refractivity contribution >= 4 is 10.0 Å². The lowest BCUT2D eigenvalue weighted by atomic mass is 10.2. The van der Waals surface area contributed by atoms with Crippen molar-refractivity contribution in [3.05, 3.63) is 53.9 Å². The Labute approximate surface area is 107 Å². The lowest BCUT2D eigenvalue weighted by molar-refractivity contribution is 0.587. The zero-order chi connectivity index (χ0) is 13.0. The molecule has 0 unspecified atom stereocenters. The largest absolute Gasteiger partial charge is 0.268 e. The third kappa shape index (κ3) is 3.41. The molecule has 0 saturated carbocycles. The smallest absolute Gasteiger partial charge is 0.215 e. The number of hydrogen-bond acceptors (Lipinski definition) is 3. The molecule has 0 aliphatic carbocycles. The number of benzene rings is 1. The first-order valence-electron chi connectivity index (χ1n) is 5.55. The minimum atomic E-state index is -3.24. The van der Waals surface area contributed by atoms with E-state index in [-0.39, 0.29) is 5.75 Å². The fraction of sp³-hybridized carbons (Fsp3) is 0.250. The van der Waals surface area contributed by atoms with Crippen LogP contribution in [0.15, 0.2) is 42.7 Å². The SMILES string of the molecule is CNS(=O)(=O)Cc1cnn(Cc2ccccc2)c1. The van der Waals surface area contributed by atoms with E-state index < -0.39 is 10.0 Å². The van der Waals surface area contributed by atoms with Crippen LogP contribution >= 0.6 is 0 Å². The van der Waals surface area contributed by atoms with Gasteiger partial charge in [0, 0.05) is 11.8 Å². The van der Waals surface area contributed by atoms with Crippen LogP contribution in [-0.4, -0.2) is 25.2 Å². The van der Waals surface area contributed by atoms with Crippen molar-refractivity contribution in [3.8, 4) is 0 Å². The minimum Gasteiger partial charge on any atom is -0.268 e. The minimum absolute atomic E-state index is 0.0434. The number of aromatic nitrogens is 2. The van der Waals surface area contributed by atoms with E-state index in [1.54, 1.807) is 17.1 Å². The van der Waals surface area contributed by atoms with E-state index in [4.69, 9.17) is 0 Å². The molecular weight excluding hydrogens is 250 g/mol. The van der Waals surface area contributed by atoms with Gasteiger partial charge in [-0.1, -0.05) is 30.3 Å². The van der Waals surface area contributed by atoms with Crippen molar-refractivity contribution in [1.29, 1.82) is 0 Å². The van der Waals surface area contributed by atoms with Crippen molar-refractivity contribution in [2.75, 3.05) is 7.05 Å². The van der Waals surface area contributed by atoms with Crippen LogP contribution < -0.4 is 4.72 Å². The molecule has 0 aliphatic heterocycles. The molecular formula is C12H15N3O2S. The molecule has 96 valence electrons. The fourth-order valence-electron chi connectivity index (χ4n) is 1.63. The second kappa shape index (κ2) is 5.32. The van der Waals surface area contributed by atoms with Gasteiger partial charge in [-0.05, 0) is 12.6 Å². The molecule has 18 heavy (non-hydrogen) atoms. The third-order valence-corrected chi connectivity index (χ3v) is 3.88. The van der Waals surface area contributed by atoms with Crippen molar-refractivity contribution in [2.45, 2.75) is 12.3 Å². The Morgan fingerprint density at radius 3 is 2.61 bits per heavy atom. The molecule has 0 aliphatic rings. The molecule has 0 amide bonds. The molecule has 0 radical (unpaired) electrons. The highest BCUT2D eigenvalue weighted by atomic mass is 32.2. The van der Waals surface area contributed by atoms with Crippen LogP contribution in [0.3, 0.4) is 0 Å². The average Bonchev–Trinajstić information content (AvgIpc) is 2.77. The van der Waals surface area contributed by atoms with E-state index in [1.165, 1.54) is 7.05 Å². The van der Waals surface area contributed by atoms with Gasteiger partial charge in [0.2, 0.25) is 10.0 Å². The molecule has 0 atom stereocenters. The van der Waals surface area contributed by atoms with E-state index in [0.717, 1.165) is 5.56 Å². The first-order valence-corrected chi connectivity index (χ1v) is 7.21. The van der Waals surface area contributed by atoms with Crippen LogP contribution in [0.25, 0.3) is 0 Å². The molecule has 6 heteroatoms. The molecule has 0 spiro atoms. The standard InChI is InChI=1S/C12H15N3O2S/c1-13-18(16,17)10-12-7-14-15(9-12)8-11-5-3-2-4-6-11/h2-7,9,13H,8,10H2,1H3. The number of nitrogens with zero attached hydrogens (tertiary/aromatic N) is 2. The summed E-state index contributed by atoms with van der Waals surface area (Å²) in [5, 5.41) is 4.15. The Morgan fingerprint density at radius 1 is 1.22 bits per heavy atom. The average molecular weight is 265 g/mol. The zero-order valence-electron chi connectivity index (χ0n) is 10.1. The second-order valence-electron chi connectivity index (χ2n) is 3.99. The molecule has 0 fully saturated rings. The molecule has 1 heterocycles. The second-order valence-corrected chi connectivity index (χ2v) is 5.92. The van der Waals surface area contributed by atoms with E-state index in [0.29, 0.717) is 12.1 Å². The van der Waals surface area contributed by atoms with Crippen molar-refractivity contribution in [3.63, 3.8) is 0 Å². The Morgan fingerprint density at radius 2 is 1.94 bits per heavy atom. The van der Waals surface area contributed by atoms with E-state index in [2.05, 4.69) is 9.82 Å². The molecule has 0 saturated heterocycles. The van der Waals surface area contributed by atoms with Gasteiger partial charge >= 0.3 is 0 Å².